The summed E-state index contributed by atoms with van der Waals surface area (Å²) >= 11 is 1.79. The van der Waals surface area contributed by atoms with Gasteiger partial charge in [-0.2, -0.15) is 0 Å². The van der Waals surface area contributed by atoms with Gasteiger partial charge in [0.15, 0.2) is 0 Å². The molecule has 1 saturated carbocycles. The second kappa shape index (κ2) is 4.89. The molecule has 0 aliphatic heterocycles. The van der Waals surface area contributed by atoms with Gasteiger partial charge >= 0.3 is 0 Å². The van der Waals surface area contributed by atoms with Gasteiger partial charge in [-0.05, 0) is 45.6 Å². The fraction of sp³-hybridized carbons (Fsp3) is 0.727. The number of nitrogens with zero attached hydrogens (tertiary/aromatic N) is 1. The molecule has 1 aliphatic rings. The Morgan fingerprint density at radius 1 is 1.50 bits per heavy atom. The first-order valence-corrected chi connectivity index (χ1v) is 6.37. The Kier molecular flexibility index (Phi) is 3.54. The predicted octanol–water partition coefficient (Wildman–Crippen LogP) is 2.53. The van der Waals surface area contributed by atoms with Gasteiger partial charge in [-0.3, -0.25) is 0 Å². The molecule has 0 saturated heterocycles. The van der Waals surface area contributed by atoms with Crippen molar-refractivity contribution in [2.24, 2.45) is 0 Å². The van der Waals surface area contributed by atoms with Crippen LogP contribution < -0.4 is 5.32 Å². The van der Waals surface area contributed by atoms with E-state index in [1.807, 2.05) is 0 Å². The van der Waals surface area contributed by atoms with Gasteiger partial charge in [0.05, 0.1) is 5.01 Å². The molecule has 0 unspecified atom stereocenters. The minimum absolute atomic E-state index is 0.858. The van der Waals surface area contributed by atoms with E-state index in [1.165, 1.54) is 42.9 Å². The highest BCUT2D eigenvalue weighted by Gasteiger charge is 2.19. The predicted molar refractivity (Wildman–Crippen MR) is 60.8 cm³/mol. The van der Waals surface area contributed by atoms with Gasteiger partial charge in [0.1, 0.15) is 0 Å². The van der Waals surface area contributed by atoms with Gasteiger partial charge in [0, 0.05) is 17.1 Å². The molecule has 0 spiro atoms. The van der Waals surface area contributed by atoms with Crippen LogP contribution >= 0.6 is 11.3 Å². The summed E-state index contributed by atoms with van der Waals surface area (Å²) in [5, 5.41) is 6.97. The second-order valence-corrected chi connectivity index (χ2v) is 5.01. The number of hydrogen-bond donors (Lipinski definition) is 1. The smallest absolute Gasteiger partial charge is 0.0928 e. The van der Waals surface area contributed by atoms with Crippen molar-refractivity contribution in [2.75, 3.05) is 6.54 Å². The van der Waals surface area contributed by atoms with Crippen LogP contribution in [0.3, 0.4) is 0 Å². The SMILES string of the molecule is Cc1csc(CCCCNC2CC2)n1. The van der Waals surface area contributed by atoms with Crippen LogP contribution in [0.25, 0.3) is 0 Å². The monoisotopic (exact) mass is 210 g/mol. The van der Waals surface area contributed by atoms with Gasteiger partial charge < -0.3 is 5.32 Å². The summed E-state index contributed by atoms with van der Waals surface area (Å²) < 4.78 is 0. The number of aryl methyl sites for hydroxylation is 2. The van der Waals surface area contributed by atoms with Gasteiger partial charge in [-0.1, -0.05) is 0 Å². The summed E-state index contributed by atoms with van der Waals surface area (Å²) in [6.45, 7) is 3.25. The average Bonchev–Trinajstić information content (AvgIpc) is 2.89. The summed E-state index contributed by atoms with van der Waals surface area (Å²) in [4.78, 5) is 4.45. The standard InChI is InChI=1S/C11H18N2S/c1-9-8-14-11(13-9)4-2-3-7-12-10-5-6-10/h8,10,12H,2-7H2,1H3. The van der Waals surface area contributed by atoms with Crippen LogP contribution in [0.1, 0.15) is 36.4 Å². The van der Waals surface area contributed by atoms with Gasteiger partial charge in [0.2, 0.25) is 0 Å². The Morgan fingerprint density at radius 3 is 3.00 bits per heavy atom. The molecule has 78 valence electrons. The number of aromatic nitrogens is 1. The van der Waals surface area contributed by atoms with E-state index in [4.69, 9.17) is 0 Å². The van der Waals surface area contributed by atoms with Crippen LogP contribution in [0.4, 0.5) is 0 Å². The molecule has 0 atom stereocenters. The molecule has 2 nitrogen and oxygen atoms in total. The third-order valence-electron chi connectivity index (χ3n) is 2.49. The Bertz CT molecular complexity index is 279. The Labute approximate surface area is 89.8 Å². The van der Waals surface area contributed by atoms with Gasteiger partial charge in [0.25, 0.3) is 0 Å². The van der Waals surface area contributed by atoms with Crippen molar-refractivity contribution in [2.45, 2.75) is 45.1 Å². The molecule has 14 heavy (non-hydrogen) atoms. The first-order valence-electron chi connectivity index (χ1n) is 5.49. The third-order valence-corrected chi connectivity index (χ3v) is 3.52. The van der Waals surface area contributed by atoms with E-state index >= 15 is 0 Å². The molecular weight excluding hydrogens is 192 g/mol. The number of unbranched alkanes of at least 4 members (excludes halogenated alkanes) is 1. The lowest BCUT2D eigenvalue weighted by molar-refractivity contribution is 0.619. The minimum atomic E-state index is 0.858. The zero-order valence-corrected chi connectivity index (χ0v) is 9.57. The van der Waals surface area contributed by atoms with Crippen molar-refractivity contribution >= 4 is 11.3 Å². The highest BCUT2D eigenvalue weighted by Crippen LogP contribution is 2.18. The first kappa shape index (κ1) is 10.1. The molecule has 1 aromatic rings. The van der Waals surface area contributed by atoms with Crippen LogP contribution in [0.15, 0.2) is 5.38 Å². The zero-order chi connectivity index (χ0) is 9.80. The quantitative estimate of drug-likeness (QED) is 0.730. The van der Waals surface area contributed by atoms with Crippen LogP contribution in [-0.2, 0) is 6.42 Å². The molecule has 3 heteroatoms. The fourth-order valence-corrected chi connectivity index (χ4v) is 2.33. The largest absolute Gasteiger partial charge is 0.314 e. The average molecular weight is 210 g/mol. The summed E-state index contributed by atoms with van der Waals surface area (Å²) in [7, 11) is 0. The van der Waals surface area contributed by atoms with Crippen molar-refractivity contribution in [1.29, 1.82) is 0 Å². The Balaban J connectivity index is 1.53. The Morgan fingerprint density at radius 2 is 2.36 bits per heavy atom. The molecule has 0 radical (unpaired) electrons. The van der Waals surface area contributed by atoms with E-state index in [0.717, 1.165) is 12.5 Å². The topological polar surface area (TPSA) is 24.9 Å². The van der Waals surface area contributed by atoms with E-state index in [2.05, 4.69) is 22.6 Å². The van der Waals surface area contributed by atoms with Crippen molar-refractivity contribution in [3.8, 4) is 0 Å². The van der Waals surface area contributed by atoms with Crippen LogP contribution in [0.2, 0.25) is 0 Å². The van der Waals surface area contributed by atoms with Crippen LogP contribution in [-0.4, -0.2) is 17.6 Å². The number of nitrogens with one attached hydrogen (secondary N) is 1. The normalized spacial score (nSPS) is 16.1. The van der Waals surface area contributed by atoms with Crippen molar-refractivity contribution in [3.05, 3.63) is 16.1 Å². The van der Waals surface area contributed by atoms with Crippen molar-refractivity contribution in [3.63, 3.8) is 0 Å². The van der Waals surface area contributed by atoms with Crippen LogP contribution in [0, 0.1) is 6.92 Å². The molecule has 2 rings (SSSR count). The summed E-state index contributed by atoms with van der Waals surface area (Å²) in [6.07, 6.45) is 6.50. The van der Waals surface area contributed by atoms with Crippen molar-refractivity contribution < 1.29 is 0 Å². The molecule has 1 heterocycles. The lowest BCUT2D eigenvalue weighted by Crippen LogP contribution is -2.17. The van der Waals surface area contributed by atoms with E-state index in [-0.39, 0.29) is 0 Å². The molecule has 0 bridgehead atoms. The van der Waals surface area contributed by atoms with Crippen molar-refractivity contribution in [1.82, 2.24) is 10.3 Å². The van der Waals surface area contributed by atoms with Gasteiger partial charge in [-0.25, -0.2) is 4.98 Å². The summed E-state index contributed by atoms with van der Waals surface area (Å²) in [5.74, 6) is 0. The van der Waals surface area contributed by atoms with Crippen LogP contribution in [0.5, 0.6) is 0 Å². The second-order valence-electron chi connectivity index (χ2n) is 4.07. The highest BCUT2D eigenvalue weighted by atomic mass is 32.1. The number of hydrogen-bond acceptors (Lipinski definition) is 3. The first-order chi connectivity index (χ1) is 6.84. The molecule has 0 amide bonds. The molecule has 1 fully saturated rings. The molecule has 1 N–H and O–H groups in total. The summed E-state index contributed by atoms with van der Waals surface area (Å²) in [5.41, 5.74) is 1.17. The summed E-state index contributed by atoms with van der Waals surface area (Å²) in [6, 6.07) is 0.858. The Hall–Kier alpha value is -0.410. The van der Waals surface area contributed by atoms with E-state index in [0.29, 0.717) is 0 Å². The highest BCUT2D eigenvalue weighted by molar-refractivity contribution is 7.09. The van der Waals surface area contributed by atoms with E-state index in [9.17, 15) is 0 Å². The fourth-order valence-electron chi connectivity index (χ4n) is 1.51. The van der Waals surface area contributed by atoms with Gasteiger partial charge in [-0.15, -0.1) is 11.3 Å². The minimum Gasteiger partial charge on any atom is -0.314 e. The maximum Gasteiger partial charge on any atom is 0.0928 e. The number of rotatable bonds is 6. The lowest BCUT2D eigenvalue weighted by Gasteiger charge is -2.00. The molecule has 0 aromatic carbocycles. The van der Waals surface area contributed by atoms with E-state index < -0.39 is 0 Å². The zero-order valence-electron chi connectivity index (χ0n) is 8.75. The van der Waals surface area contributed by atoms with E-state index in [1.54, 1.807) is 11.3 Å². The maximum absolute atomic E-state index is 4.45. The molecular formula is C11H18N2S. The maximum atomic E-state index is 4.45. The molecule has 1 aliphatic carbocycles. The lowest BCUT2D eigenvalue weighted by atomic mass is 10.2. The molecule has 1 aromatic heterocycles. The number of thiazole rings is 1. The third kappa shape index (κ3) is 3.39.